The molecule has 0 saturated carbocycles. The lowest BCUT2D eigenvalue weighted by Gasteiger charge is -2.43. The molecule has 0 unspecified atom stereocenters. The molecule has 3 heteroatoms. The standard InChI is InChI=1S/C28H41ClOSi/c1-28(2,3)31(26-20-14-12-15-21-26,27-22-16-13-17-23-27)30-25-19-11-9-7-5-4-6-8-10-18-24-29/h9,11-17,20-23H,4-8,10,18-19,24-25H2,1-3H3/b11-9+. The number of hydrogen-bond acceptors (Lipinski definition) is 1. The minimum absolute atomic E-state index is 0.0445. The molecular weight excluding hydrogens is 416 g/mol. The van der Waals surface area contributed by atoms with Gasteiger partial charge in [0.1, 0.15) is 0 Å². The number of hydrogen-bond donors (Lipinski definition) is 0. The second-order valence-electron chi connectivity index (χ2n) is 9.37. The Balaban J connectivity index is 1.95. The predicted molar refractivity (Wildman–Crippen MR) is 140 cm³/mol. The lowest BCUT2D eigenvalue weighted by atomic mass is 10.1. The van der Waals surface area contributed by atoms with Gasteiger partial charge >= 0.3 is 0 Å². The monoisotopic (exact) mass is 456 g/mol. The largest absolute Gasteiger partial charge is 0.407 e. The third kappa shape index (κ3) is 7.93. The molecule has 2 rings (SSSR count). The lowest BCUT2D eigenvalue weighted by Crippen LogP contribution is -2.66. The van der Waals surface area contributed by atoms with E-state index in [9.17, 15) is 0 Å². The Morgan fingerprint density at radius 1 is 0.710 bits per heavy atom. The quantitative estimate of drug-likeness (QED) is 0.124. The summed E-state index contributed by atoms with van der Waals surface area (Å²) in [5, 5.41) is 2.75. The number of rotatable bonds is 14. The summed E-state index contributed by atoms with van der Waals surface area (Å²) in [6.07, 6.45) is 14.5. The zero-order chi connectivity index (χ0) is 22.4. The van der Waals surface area contributed by atoms with Crippen LogP contribution in [0.1, 0.15) is 72.1 Å². The van der Waals surface area contributed by atoms with Gasteiger partial charge in [-0.05, 0) is 41.1 Å². The molecule has 0 aliphatic rings. The molecule has 0 fully saturated rings. The van der Waals surface area contributed by atoms with Crippen LogP contribution < -0.4 is 10.4 Å². The molecule has 1 nitrogen and oxygen atoms in total. The van der Waals surface area contributed by atoms with Crippen molar-refractivity contribution in [3.63, 3.8) is 0 Å². The highest BCUT2D eigenvalue weighted by atomic mass is 35.5. The summed E-state index contributed by atoms with van der Waals surface area (Å²) in [7, 11) is -2.39. The summed E-state index contributed by atoms with van der Waals surface area (Å²) < 4.78 is 6.93. The highest BCUT2D eigenvalue weighted by Gasteiger charge is 2.49. The van der Waals surface area contributed by atoms with Crippen LogP contribution in [0.25, 0.3) is 0 Å². The van der Waals surface area contributed by atoms with E-state index in [1.807, 2.05) is 0 Å². The van der Waals surface area contributed by atoms with E-state index >= 15 is 0 Å². The molecule has 0 aliphatic heterocycles. The fourth-order valence-electron chi connectivity index (χ4n) is 4.34. The van der Waals surface area contributed by atoms with Gasteiger partial charge in [-0.25, -0.2) is 0 Å². The number of alkyl halides is 1. The van der Waals surface area contributed by atoms with E-state index in [1.165, 1.54) is 48.9 Å². The van der Waals surface area contributed by atoms with E-state index in [0.717, 1.165) is 25.3 Å². The molecule has 0 aliphatic carbocycles. The molecule has 0 atom stereocenters. The smallest absolute Gasteiger partial charge is 0.261 e. The summed E-state index contributed by atoms with van der Waals surface area (Å²) in [5.41, 5.74) is 0. The van der Waals surface area contributed by atoms with Crippen molar-refractivity contribution in [2.24, 2.45) is 0 Å². The minimum Gasteiger partial charge on any atom is -0.407 e. The molecule has 0 saturated heterocycles. The molecule has 170 valence electrons. The van der Waals surface area contributed by atoms with Gasteiger partial charge in [0.2, 0.25) is 0 Å². The topological polar surface area (TPSA) is 9.23 Å². The Hall–Kier alpha value is -1.35. The van der Waals surface area contributed by atoms with Crippen LogP contribution in [0.4, 0.5) is 0 Å². The van der Waals surface area contributed by atoms with Crippen molar-refractivity contribution in [2.75, 3.05) is 12.5 Å². The third-order valence-electron chi connectivity index (χ3n) is 5.94. The molecule has 0 N–H and O–H groups in total. The average Bonchev–Trinajstić information content (AvgIpc) is 2.77. The van der Waals surface area contributed by atoms with E-state index in [2.05, 4.69) is 93.6 Å². The summed E-state index contributed by atoms with van der Waals surface area (Å²) in [6.45, 7) is 7.77. The average molecular weight is 457 g/mol. The summed E-state index contributed by atoms with van der Waals surface area (Å²) in [5.74, 6) is 0.804. The van der Waals surface area contributed by atoms with Crippen molar-refractivity contribution in [3.8, 4) is 0 Å². The van der Waals surface area contributed by atoms with E-state index in [4.69, 9.17) is 16.0 Å². The van der Waals surface area contributed by atoms with Crippen LogP contribution in [0.2, 0.25) is 5.04 Å². The Bertz CT molecular complexity index is 697. The fraction of sp³-hybridized carbons (Fsp3) is 0.500. The molecule has 0 radical (unpaired) electrons. The van der Waals surface area contributed by atoms with Crippen LogP contribution in [0.5, 0.6) is 0 Å². The number of benzene rings is 2. The van der Waals surface area contributed by atoms with Crippen LogP contribution in [0, 0.1) is 0 Å². The van der Waals surface area contributed by atoms with Gasteiger partial charge in [-0.3, -0.25) is 0 Å². The summed E-state index contributed by atoms with van der Waals surface area (Å²) >= 11 is 5.73. The molecule has 0 heterocycles. The van der Waals surface area contributed by atoms with Crippen molar-refractivity contribution in [2.45, 2.75) is 77.2 Å². The second-order valence-corrected chi connectivity index (χ2v) is 14.1. The van der Waals surface area contributed by atoms with Crippen molar-refractivity contribution in [1.29, 1.82) is 0 Å². The van der Waals surface area contributed by atoms with Gasteiger partial charge in [0.15, 0.2) is 0 Å². The molecule has 0 bridgehead atoms. The van der Waals surface area contributed by atoms with Crippen LogP contribution in [-0.2, 0) is 4.43 Å². The number of unbranched alkanes of at least 4 members (excludes halogenated alkanes) is 6. The van der Waals surface area contributed by atoms with Gasteiger partial charge in [-0.2, -0.15) is 0 Å². The highest BCUT2D eigenvalue weighted by molar-refractivity contribution is 6.99. The molecule has 2 aromatic rings. The second kappa shape index (κ2) is 13.9. The highest BCUT2D eigenvalue weighted by Crippen LogP contribution is 2.36. The van der Waals surface area contributed by atoms with Crippen LogP contribution >= 0.6 is 11.6 Å². The lowest BCUT2D eigenvalue weighted by molar-refractivity contribution is 0.304. The van der Waals surface area contributed by atoms with Gasteiger partial charge in [0, 0.05) is 12.5 Å². The van der Waals surface area contributed by atoms with Crippen LogP contribution in [0.15, 0.2) is 72.8 Å². The molecule has 0 amide bonds. The third-order valence-corrected chi connectivity index (χ3v) is 11.3. The minimum atomic E-state index is -2.39. The first kappa shape index (κ1) is 25.9. The van der Waals surface area contributed by atoms with Crippen LogP contribution in [-0.4, -0.2) is 20.8 Å². The maximum atomic E-state index is 6.93. The molecular formula is C28H41ClOSi. The van der Waals surface area contributed by atoms with E-state index in [0.29, 0.717) is 0 Å². The van der Waals surface area contributed by atoms with Gasteiger partial charge in [0.05, 0.1) is 0 Å². The van der Waals surface area contributed by atoms with Crippen LogP contribution in [0.3, 0.4) is 0 Å². The van der Waals surface area contributed by atoms with Crippen molar-refractivity contribution < 1.29 is 4.43 Å². The number of halogens is 1. The summed E-state index contributed by atoms with van der Waals surface area (Å²) in [4.78, 5) is 0. The van der Waals surface area contributed by atoms with Gasteiger partial charge in [0.25, 0.3) is 8.32 Å². The van der Waals surface area contributed by atoms with E-state index in [1.54, 1.807) is 0 Å². The zero-order valence-electron chi connectivity index (χ0n) is 19.8. The SMILES string of the molecule is CC(C)(C)[Si](OCC/C=C/CCCCCCCCCl)(c1ccccc1)c1ccccc1. The maximum Gasteiger partial charge on any atom is 0.261 e. The van der Waals surface area contributed by atoms with Crippen molar-refractivity contribution in [1.82, 2.24) is 0 Å². The summed E-state index contributed by atoms with van der Waals surface area (Å²) in [6, 6.07) is 21.8. The van der Waals surface area contributed by atoms with E-state index < -0.39 is 8.32 Å². The van der Waals surface area contributed by atoms with Crippen molar-refractivity contribution in [3.05, 3.63) is 72.8 Å². The Labute approximate surface area is 197 Å². The Morgan fingerprint density at radius 2 is 1.19 bits per heavy atom. The Kier molecular flexibility index (Phi) is 11.6. The zero-order valence-corrected chi connectivity index (χ0v) is 21.5. The molecule has 31 heavy (non-hydrogen) atoms. The van der Waals surface area contributed by atoms with Gasteiger partial charge < -0.3 is 4.43 Å². The molecule has 2 aromatic carbocycles. The first-order chi connectivity index (χ1) is 15.0. The first-order valence-corrected chi connectivity index (χ1v) is 14.4. The van der Waals surface area contributed by atoms with Gasteiger partial charge in [-0.1, -0.05) is 119 Å². The maximum absolute atomic E-state index is 6.93. The van der Waals surface area contributed by atoms with E-state index in [-0.39, 0.29) is 5.04 Å². The fourth-order valence-corrected chi connectivity index (χ4v) is 9.11. The first-order valence-electron chi connectivity index (χ1n) is 12.0. The Morgan fingerprint density at radius 3 is 1.71 bits per heavy atom. The predicted octanol–water partition coefficient (Wildman–Crippen LogP) is 7.48. The van der Waals surface area contributed by atoms with Crippen molar-refractivity contribution >= 4 is 30.3 Å². The normalized spacial score (nSPS) is 12.5. The van der Waals surface area contributed by atoms with Gasteiger partial charge in [-0.15, -0.1) is 11.6 Å². The molecule has 0 spiro atoms. The number of allylic oxidation sites excluding steroid dienone is 1. The molecule has 0 aromatic heterocycles.